The van der Waals surface area contributed by atoms with Gasteiger partial charge in [-0.3, -0.25) is 0 Å². The number of benzene rings is 1. The number of aromatic nitrogens is 2. The molecule has 0 fully saturated rings. The maximum atomic E-state index is 6.23. The first-order chi connectivity index (χ1) is 9.51. The minimum absolute atomic E-state index is 0.479. The summed E-state index contributed by atoms with van der Waals surface area (Å²) in [6.45, 7) is 3.97. The normalized spacial score (nSPS) is 10.7. The minimum Gasteiger partial charge on any atom is -0.339 e. The van der Waals surface area contributed by atoms with Crippen molar-refractivity contribution in [1.82, 2.24) is 9.97 Å². The van der Waals surface area contributed by atoms with Crippen LogP contribution in [0.15, 0.2) is 18.2 Å². The summed E-state index contributed by atoms with van der Waals surface area (Å²) in [5.41, 5.74) is 1.63. The number of hydrogen-bond donors (Lipinski definition) is 1. The van der Waals surface area contributed by atoms with E-state index in [0.29, 0.717) is 16.0 Å². The van der Waals surface area contributed by atoms with E-state index in [1.54, 1.807) is 0 Å². The molecule has 0 aliphatic rings. The zero-order valence-corrected chi connectivity index (χ0v) is 14.8. The zero-order chi connectivity index (χ0) is 14.7. The molecule has 1 aromatic carbocycles. The van der Waals surface area contributed by atoms with Gasteiger partial charge in [-0.15, -0.1) is 0 Å². The Morgan fingerprint density at radius 2 is 2.00 bits per heavy atom. The van der Waals surface area contributed by atoms with Crippen LogP contribution in [0.4, 0.5) is 11.5 Å². The van der Waals surface area contributed by atoms with E-state index in [9.17, 15) is 0 Å². The zero-order valence-electron chi connectivity index (χ0n) is 11.2. The Kier molecular flexibility index (Phi) is 5.46. The molecule has 2 rings (SSSR count). The van der Waals surface area contributed by atoms with Gasteiger partial charge in [-0.1, -0.05) is 30.1 Å². The molecule has 3 nitrogen and oxygen atoms in total. The summed E-state index contributed by atoms with van der Waals surface area (Å²) in [7, 11) is 0. The molecule has 0 amide bonds. The van der Waals surface area contributed by atoms with Crippen LogP contribution in [0.2, 0.25) is 10.2 Å². The highest BCUT2D eigenvalue weighted by molar-refractivity contribution is 14.1. The molecular formula is C14H14Cl2IN3. The van der Waals surface area contributed by atoms with Gasteiger partial charge in [0.05, 0.1) is 10.7 Å². The van der Waals surface area contributed by atoms with Gasteiger partial charge in [0.2, 0.25) is 0 Å². The second kappa shape index (κ2) is 6.91. The van der Waals surface area contributed by atoms with E-state index in [0.717, 1.165) is 33.5 Å². The van der Waals surface area contributed by atoms with Crippen LogP contribution in [0.3, 0.4) is 0 Å². The van der Waals surface area contributed by atoms with Gasteiger partial charge in [-0.25, -0.2) is 9.97 Å². The fourth-order valence-corrected chi connectivity index (χ4v) is 2.80. The van der Waals surface area contributed by atoms with Crippen LogP contribution < -0.4 is 5.32 Å². The molecule has 1 N–H and O–H groups in total. The van der Waals surface area contributed by atoms with Crippen LogP contribution in [-0.2, 0) is 6.42 Å². The van der Waals surface area contributed by atoms with Crippen LogP contribution in [-0.4, -0.2) is 9.97 Å². The SMILES string of the molecule is CCCc1nc(Cl)c(C)c(Nc2ccc(I)cc2Cl)n1. The van der Waals surface area contributed by atoms with Crippen molar-refractivity contribution < 1.29 is 0 Å². The van der Waals surface area contributed by atoms with E-state index in [1.165, 1.54) is 0 Å². The number of nitrogens with one attached hydrogen (secondary N) is 1. The van der Waals surface area contributed by atoms with Crippen molar-refractivity contribution in [2.45, 2.75) is 26.7 Å². The van der Waals surface area contributed by atoms with Crippen molar-refractivity contribution in [2.75, 3.05) is 5.32 Å². The van der Waals surface area contributed by atoms with Crippen LogP contribution in [0.5, 0.6) is 0 Å². The third-order valence-electron chi connectivity index (χ3n) is 2.79. The second-order valence-electron chi connectivity index (χ2n) is 4.40. The lowest BCUT2D eigenvalue weighted by Crippen LogP contribution is -2.04. The molecule has 0 saturated carbocycles. The minimum atomic E-state index is 0.479. The number of rotatable bonds is 4. The molecule has 0 atom stereocenters. The lowest BCUT2D eigenvalue weighted by atomic mass is 10.2. The number of aryl methyl sites for hydroxylation is 1. The smallest absolute Gasteiger partial charge is 0.138 e. The Morgan fingerprint density at radius 3 is 2.65 bits per heavy atom. The summed E-state index contributed by atoms with van der Waals surface area (Å²) in [5, 5.41) is 4.37. The van der Waals surface area contributed by atoms with Gasteiger partial charge < -0.3 is 5.32 Å². The van der Waals surface area contributed by atoms with Gasteiger partial charge in [-0.2, -0.15) is 0 Å². The number of anilines is 2. The van der Waals surface area contributed by atoms with Gasteiger partial charge >= 0.3 is 0 Å². The summed E-state index contributed by atoms with van der Waals surface area (Å²) < 4.78 is 1.09. The van der Waals surface area contributed by atoms with Gasteiger partial charge in [-0.05, 0) is 54.1 Å². The Balaban J connectivity index is 2.37. The quantitative estimate of drug-likeness (QED) is 0.531. The van der Waals surface area contributed by atoms with E-state index >= 15 is 0 Å². The lowest BCUT2D eigenvalue weighted by molar-refractivity contribution is 0.833. The monoisotopic (exact) mass is 421 g/mol. The van der Waals surface area contributed by atoms with E-state index in [-0.39, 0.29) is 0 Å². The highest BCUT2D eigenvalue weighted by Gasteiger charge is 2.11. The summed E-state index contributed by atoms with van der Waals surface area (Å²) in [6.07, 6.45) is 1.78. The van der Waals surface area contributed by atoms with Crippen LogP contribution >= 0.6 is 45.8 Å². The van der Waals surface area contributed by atoms with Gasteiger partial charge in [0.1, 0.15) is 16.8 Å². The molecule has 0 unspecified atom stereocenters. The second-order valence-corrected chi connectivity index (χ2v) is 6.41. The molecule has 0 aliphatic heterocycles. The summed E-state index contributed by atoms with van der Waals surface area (Å²) in [5.74, 6) is 1.45. The predicted octanol–water partition coefficient (Wildman–Crippen LogP) is 5.39. The molecule has 106 valence electrons. The van der Waals surface area contributed by atoms with E-state index < -0.39 is 0 Å². The van der Waals surface area contributed by atoms with E-state index in [2.05, 4.69) is 44.8 Å². The van der Waals surface area contributed by atoms with Gasteiger partial charge in [0, 0.05) is 15.6 Å². The lowest BCUT2D eigenvalue weighted by Gasteiger charge is -2.12. The Labute approximate surface area is 142 Å². The molecule has 0 radical (unpaired) electrons. The topological polar surface area (TPSA) is 37.8 Å². The highest BCUT2D eigenvalue weighted by atomic mass is 127. The van der Waals surface area contributed by atoms with Crippen molar-refractivity contribution >= 4 is 57.3 Å². The van der Waals surface area contributed by atoms with Crippen molar-refractivity contribution in [3.8, 4) is 0 Å². The maximum Gasteiger partial charge on any atom is 0.138 e. The summed E-state index contributed by atoms with van der Waals surface area (Å²) in [4.78, 5) is 8.80. The fourth-order valence-electron chi connectivity index (χ4n) is 1.71. The van der Waals surface area contributed by atoms with Gasteiger partial charge in [0.15, 0.2) is 0 Å². The van der Waals surface area contributed by atoms with Crippen LogP contribution in [0.25, 0.3) is 0 Å². The number of hydrogen-bond acceptors (Lipinski definition) is 3. The summed E-state index contributed by atoms with van der Waals surface area (Å²) >= 11 is 14.6. The van der Waals surface area contributed by atoms with Gasteiger partial charge in [0.25, 0.3) is 0 Å². The third-order valence-corrected chi connectivity index (χ3v) is 4.14. The largest absolute Gasteiger partial charge is 0.339 e. The summed E-state index contributed by atoms with van der Waals surface area (Å²) in [6, 6.07) is 5.81. The van der Waals surface area contributed by atoms with Crippen molar-refractivity contribution in [1.29, 1.82) is 0 Å². The van der Waals surface area contributed by atoms with Crippen LogP contribution in [0, 0.1) is 10.5 Å². The Morgan fingerprint density at radius 1 is 1.25 bits per heavy atom. The fraction of sp³-hybridized carbons (Fsp3) is 0.286. The molecule has 0 saturated heterocycles. The highest BCUT2D eigenvalue weighted by Crippen LogP contribution is 2.29. The van der Waals surface area contributed by atoms with Crippen molar-refractivity contribution in [3.05, 3.63) is 43.3 Å². The molecule has 6 heteroatoms. The molecule has 0 aliphatic carbocycles. The average Bonchev–Trinajstić information content (AvgIpc) is 2.39. The molecule has 0 bridgehead atoms. The molecule has 1 heterocycles. The molecule has 2 aromatic rings. The predicted molar refractivity (Wildman–Crippen MR) is 93.2 cm³/mol. The molecule has 20 heavy (non-hydrogen) atoms. The number of halogens is 3. The molecule has 1 aromatic heterocycles. The number of nitrogens with zero attached hydrogens (tertiary/aromatic N) is 2. The van der Waals surface area contributed by atoms with E-state index in [4.69, 9.17) is 23.2 Å². The third kappa shape index (κ3) is 3.74. The molecular weight excluding hydrogens is 408 g/mol. The first-order valence-corrected chi connectivity index (χ1v) is 8.09. The maximum absolute atomic E-state index is 6.23. The van der Waals surface area contributed by atoms with Crippen molar-refractivity contribution in [2.24, 2.45) is 0 Å². The first-order valence-electron chi connectivity index (χ1n) is 6.26. The Hall–Kier alpha value is -0.590. The Bertz CT molecular complexity index is 632. The van der Waals surface area contributed by atoms with Crippen LogP contribution in [0.1, 0.15) is 24.7 Å². The van der Waals surface area contributed by atoms with E-state index in [1.807, 2.05) is 25.1 Å². The van der Waals surface area contributed by atoms with Crippen molar-refractivity contribution in [3.63, 3.8) is 0 Å². The standard InChI is InChI=1S/C14H14Cl2IN3/c1-3-4-12-19-13(16)8(2)14(20-12)18-11-6-5-9(17)7-10(11)15/h5-7H,3-4H2,1-2H3,(H,18,19,20). The first kappa shape index (κ1) is 15.8. The average molecular weight is 422 g/mol. The molecule has 0 spiro atoms.